The lowest BCUT2D eigenvalue weighted by molar-refractivity contribution is 0.334. The first-order chi connectivity index (χ1) is 4.86. The van der Waals surface area contributed by atoms with Crippen molar-refractivity contribution < 1.29 is 4.84 Å². The highest BCUT2D eigenvalue weighted by atomic mass is 127. The lowest BCUT2D eigenvalue weighted by atomic mass is 10.2. The van der Waals surface area contributed by atoms with Crippen LogP contribution in [0.4, 0.5) is 0 Å². The van der Waals surface area contributed by atoms with Gasteiger partial charge < -0.3 is 4.84 Å². The molecule has 0 saturated carbocycles. The monoisotopic (exact) mass is 249 g/mol. The van der Waals surface area contributed by atoms with Gasteiger partial charge in [0.15, 0.2) is 0 Å². The molecule has 2 nitrogen and oxygen atoms in total. The van der Waals surface area contributed by atoms with Crippen LogP contribution in [-0.2, 0) is 4.43 Å². The zero-order valence-corrected chi connectivity index (χ0v) is 7.54. The Bertz CT molecular complexity index is 174. The second-order valence-electron chi connectivity index (χ2n) is 1.90. The van der Waals surface area contributed by atoms with Crippen LogP contribution in [0.3, 0.4) is 0 Å². The predicted molar refractivity (Wildman–Crippen MR) is 49.0 cm³/mol. The Balaban J connectivity index is 2.80. The summed E-state index contributed by atoms with van der Waals surface area (Å²) in [4.78, 5) is 4.51. The third-order valence-electron chi connectivity index (χ3n) is 1.21. The first-order valence-electron chi connectivity index (χ1n) is 2.88. The van der Waals surface area contributed by atoms with Crippen LogP contribution in [0.25, 0.3) is 0 Å². The molecule has 2 N–H and O–H groups in total. The minimum atomic E-state index is 0.702. The lowest BCUT2D eigenvalue weighted by Crippen LogP contribution is -2.01. The van der Waals surface area contributed by atoms with Crippen molar-refractivity contribution in [1.82, 2.24) is 0 Å². The Morgan fingerprint density at radius 1 is 1.30 bits per heavy atom. The fraction of sp³-hybridized carbons (Fsp3) is 0.143. The molecule has 0 aliphatic rings. The Labute approximate surface area is 73.5 Å². The smallest absolute Gasteiger partial charge is 0.146 e. The van der Waals surface area contributed by atoms with E-state index < -0.39 is 0 Å². The fourth-order valence-electron chi connectivity index (χ4n) is 0.657. The summed E-state index contributed by atoms with van der Waals surface area (Å²) < 4.78 is 1.02. The Morgan fingerprint density at radius 2 is 1.90 bits per heavy atom. The van der Waals surface area contributed by atoms with Crippen LogP contribution in [0.2, 0.25) is 0 Å². The summed E-state index contributed by atoms with van der Waals surface area (Å²) >= 11 is 2.31. The molecule has 0 spiro atoms. The average molecular weight is 249 g/mol. The largest absolute Gasteiger partial charge is 0.412 e. The lowest BCUT2D eigenvalue weighted by Gasteiger charge is -1.97. The summed E-state index contributed by atoms with van der Waals surface area (Å²) in [5.74, 6) is 5.64. The van der Waals surface area contributed by atoms with Gasteiger partial charge in [0.25, 0.3) is 0 Å². The van der Waals surface area contributed by atoms with Gasteiger partial charge in [-0.05, 0) is 17.7 Å². The second kappa shape index (κ2) is 3.78. The molecule has 0 unspecified atom stereocenters. The molecule has 0 atom stereocenters. The van der Waals surface area contributed by atoms with Gasteiger partial charge in [0.2, 0.25) is 0 Å². The Kier molecular flexibility index (Phi) is 2.95. The van der Waals surface area contributed by atoms with Crippen molar-refractivity contribution in [1.29, 1.82) is 0 Å². The highest BCUT2D eigenvalue weighted by Gasteiger charge is 1.90. The molecule has 10 heavy (non-hydrogen) atoms. The van der Waals surface area contributed by atoms with Crippen molar-refractivity contribution in [3.05, 3.63) is 29.8 Å². The Hall–Kier alpha value is -0.290. The molecule has 0 aliphatic heterocycles. The number of halogens is 1. The van der Waals surface area contributed by atoms with Crippen LogP contribution in [-0.4, -0.2) is 0 Å². The molecule has 0 radical (unpaired) electrons. The summed E-state index contributed by atoms with van der Waals surface area (Å²) in [6.07, 6.45) is 0. The van der Waals surface area contributed by atoms with Crippen molar-refractivity contribution in [2.75, 3.05) is 0 Å². The quantitative estimate of drug-likeness (QED) is 0.493. The maximum absolute atomic E-state index is 4.94. The molecule has 1 rings (SSSR count). The summed E-state index contributed by atoms with van der Waals surface area (Å²) in [7, 11) is 0. The number of alkyl halides is 1. The van der Waals surface area contributed by atoms with E-state index in [2.05, 4.69) is 27.4 Å². The molecule has 3 heteroatoms. The van der Waals surface area contributed by atoms with E-state index in [1.165, 1.54) is 5.56 Å². The summed E-state index contributed by atoms with van der Waals surface area (Å²) in [6, 6.07) is 7.70. The van der Waals surface area contributed by atoms with Crippen LogP contribution in [0, 0.1) is 0 Å². The van der Waals surface area contributed by atoms with Crippen molar-refractivity contribution in [3.63, 3.8) is 0 Å². The SMILES string of the molecule is NOc1ccc(CI)cc1. The molecule has 0 aromatic heterocycles. The van der Waals surface area contributed by atoms with E-state index in [4.69, 9.17) is 5.90 Å². The Morgan fingerprint density at radius 3 is 2.30 bits per heavy atom. The molecule has 0 fully saturated rings. The maximum atomic E-state index is 4.94. The van der Waals surface area contributed by atoms with Gasteiger partial charge in [0, 0.05) is 4.43 Å². The molecule has 0 saturated heterocycles. The number of benzene rings is 1. The minimum absolute atomic E-state index is 0.702. The topological polar surface area (TPSA) is 35.2 Å². The van der Waals surface area contributed by atoms with Gasteiger partial charge in [0.05, 0.1) is 0 Å². The van der Waals surface area contributed by atoms with E-state index in [9.17, 15) is 0 Å². The standard InChI is InChI=1S/C7H8INO/c8-5-6-1-3-7(10-9)4-2-6/h1-4H,5,9H2. The molecule has 0 aliphatic carbocycles. The predicted octanol–water partition coefficient (Wildman–Crippen LogP) is 1.87. The molecule has 0 bridgehead atoms. The van der Waals surface area contributed by atoms with Crippen LogP contribution in [0.15, 0.2) is 24.3 Å². The van der Waals surface area contributed by atoms with Gasteiger partial charge in [-0.1, -0.05) is 34.7 Å². The first kappa shape index (κ1) is 7.81. The van der Waals surface area contributed by atoms with Crippen LogP contribution in [0.5, 0.6) is 5.75 Å². The number of nitrogens with two attached hydrogens (primary N) is 1. The fourth-order valence-corrected chi connectivity index (χ4v) is 1.17. The highest BCUT2D eigenvalue weighted by molar-refractivity contribution is 14.1. The van der Waals surface area contributed by atoms with Gasteiger partial charge in [-0.15, -0.1) is 0 Å². The number of rotatable bonds is 2. The average Bonchev–Trinajstić information content (AvgIpc) is 2.05. The molecular weight excluding hydrogens is 241 g/mol. The van der Waals surface area contributed by atoms with Crippen LogP contribution in [0.1, 0.15) is 5.56 Å². The van der Waals surface area contributed by atoms with Crippen molar-refractivity contribution >= 4 is 22.6 Å². The van der Waals surface area contributed by atoms with E-state index in [0.29, 0.717) is 5.75 Å². The van der Waals surface area contributed by atoms with Crippen LogP contribution >= 0.6 is 22.6 Å². The molecular formula is C7H8INO. The summed E-state index contributed by atoms with van der Waals surface area (Å²) in [5.41, 5.74) is 1.28. The van der Waals surface area contributed by atoms with Crippen molar-refractivity contribution in [2.45, 2.75) is 4.43 Å². The molecule has 0 heterocycles. The van der Waals surface area contributed by atoms with Gasteiger partial charge >= 0.3 is 0 Å². The van der Waals surface area contributed by atoms with Gasteiger partial charge in [0.1, 0.15) is 5.75 Å². The normalized spacial score (nSPS) is 9.40. The van der Waals surface area contributed by atoms with Gasteiger partial charge in [-0.2, -0.15) is 5.90 Å². The van der Waals surface area contributed by atoms with E-state index in [0.717, 1.165) is 4.43 Å². The van der Waals surface area contributed by atoms with E-state index in [1.807, 2.05) is 24.3 Å². The summed E-state index contributed by atoms with van der Waals surface area (Å²) in [5, 5.41) is 0. The number of hydrogen-bond donors (Lipinski definition) is 1. The van der Waals surface area contributed by atoms with E-state index in [1.54, 1.807) is 0 Å². The van der Waals surface area contributed by atoms with E-state index >= 15 is 0 Å². The minimum Gasteiger partial charge on any atom is -0.412 e. The highest BCUT2D eigenvalue weighted by Crippen LogP contribution is 2.12. The maximum Gasteiger partial charge on any atom is 0.146 e. The van der Waals surface area contributed by atoms with Gasteiger partial charge in [-0.3, -0.25) is 0 Å². The zero-order chi connectivity index (χ0) is 7.40. The molecule has 1 aromatic carbocycles. The zero-order valence-electron chi connectivity index (χ0n) is 5.38. The number of hydrogen-bond acceptors (Lipinski definition) is 2. The van der Waals surface area contributed by atoms with Crippen molar-refractivity contribution in [3.8, 4) is 5.75 Å². The summed E-state index contributed by atoms with van der Waals surface area (Å²) in [6.45, 7) is 0. The van der Waals surface area contributed by atoms with Crippen LogP contribution < -0.4 is 10.7 Å². The third kappa shape index (κ3) is 1.85. The third-order valence-corrected chi connectivity index (χ3v) is 2.09. The van der Waals surface area contributed by atoms with Gasteiger partial charge in [-0.25, -0.2) is 0 Å². The van der Waals surface area contributed by atoms with Crippen molar-refractivity contribution in [2.24, 2.45) is 5.90 Å². The second-order valence-corrected chi connectivity index (χ2v) is 2.66. The first-order valence-corrected chi connectivity index (χ1v) is 4.41. The van der Waals surface area contributed by atoms with E-state index in [-0.39, 0.29) is 0 Å². The molecule has 54 valence electrons. The molecule has 1 aromatic rings. The molecule has 0 amide bonds.